The van der Waals surface area contributed by atoms with Crippen LogP contribution in [0.25, 0.3) is 11.4 Å². The van der Waals surface area contributed by atoms with E-state index in [1.54, 1.807) is 0 Å². The lowest BCUT2D eigenvalue weighted by atomic mass is 9.93. The average molecular weight is 411 g/mol. The molecule has 30 heavy (non-hydrogen) atoms. The molecule has 0 radical (unpaired) electrons. The molecule has 6 nitrogen and oxygen atoms in total. The Labute approximate surface area is 179 Å². The van der Waals surface area contributed by atoms with Gasteiger partial charge in [-0.2, -0.15) is 4.98 Å². The molecule has 0 bridgehead atoms. The van der Waals surface area contributed by atoms with Gasteiger partial charge in [-0.15, -0.1) is 0 Å². The third kappa shape index (κ3) is 5.48. The number of nitrogens with one attached hydrogen (secondary N) is 1. The van der Waals surface area contributed by atoms with Crippen LogP contribution in [0, 0.1) is 12.8 Å². The maximum Gasteiger partial charge on any atom is 0.241 e. The van der Waals surface area contributed by atoms with Crippen LogP contribution >= 0.6 is 0 Å². The summed E-state index contributed by atoms with van der Waals surface area (Å²) in [5.74, 6) is 1.69. The minimum atomic E-state index is 0.136. The van der Waals surface area contributed by atoms with Gasteiger partial charge in [0.1, 0.15) is 0 Å². The number of carbonyl (C=O) groups excluding carboxylic acids is 1. The zero-order chi connectivity index (χ0) is 20.8. The number of likely N-dealkylation sites (tertiary alicyclic amines) is 1. The lowest BCUT2D eigenvalue weighted by Crippen LogP contribution is -2.43. The molecule has 1 amide bonds. The van der Waals surface area contributed by atoms with Crippen LogP contribution in [-0.2, 0) is 11.3 Å². The fraction of sp³-hybridized carbons (Fsp3) is 0.625. The zero-order valence-corrected chi connectivity index (χ0v) is 18.1. The number of benzene rings is 1. The normalized spacial score (nSPS) is 19.9. The van der Waals surface area contributed by atoms with E-state index in [1.165, 1.54) is 32.1 Å². The number of carbonyl (C=O) groups is 1. The van der Waals surface area contributed by atoms with E-state index in [2.05, 4.69) is 33.3 Å². The molecule has 0 atom stereocenters. The number of rotatable bonds is 5. The van der Waals surface area contributed by atoms with Gasteiger partial charge in [0.25, 0.3) is 0 Å². The second-order valence-electron chi connectivity index (χ2n) is 8.93. The Balaban J connectivity index is 1.25. The molecule has 1 aromatic heterocycles. The van der Waals surface area contributed by atoms with Crippen LogP contribution in [0.4, 0.5) is 0 Å². The Kier molecular flexibility index (Phi) is 7.16. The van der Waals surface area contributed by atoms with Crippen LogP contribution in [-0.4, -0.2) is 40.1 Å². The van der Waals surface area contributed by atoms with Crippen molar-refractivity contribution in [3.63, 3.8) is 0 Å². The van der Waals surface area contributed by atoms with E-state index in [9.17, 15) is 4.79 Å². The van der Waals surface area contributed by atoms with Gasteiger partial charge in [0.05, 0.1) is 6.54 Å². The van der Waals surface area contributed by atoms with Crippen molar-refractivity contribution in [2.75, 3.05) is 13.1 Å². The second-order valence-corrected chi connectivity index (χ2v) is 8.93. The number of piperidine rings is 1. The predicted molar refractivity (Wildman–Crippen MR) is 117 cm³/mol. The van der Waals surface area contributed by atoms with Gasteiger partial charge in [-0.1, -0.05) is 61.5 Å². The summed E-state index contributed by atoms with van der Waals surface area (Å²) in [7, 11) is 0. The molecule has 0 unspecified atom stereocenters. The lowest BCUT2D eigenvalue weighted by Gasteiger charge is -2.31. The number of aryl methyl sites for hydroxylation is 1. The Morgan fingerprint density at radius 2 is 1.77 bits per heavy atom. The molecule has 1 aliphatic heterocycles. The topological polar surface area (TPSA) is 71.3 Å². The van der Waals surface area contributed by atoms with Crippen LogP contribution in [0.2, 0.25) is 0 Å². The summed E-state index contributed by atoms with van der Waals surface area (Å²) >= 11 is 0. The number of amides is 1. The summed E-state index contributed by atoms with van der Waals surface area (Å²) < 4.78 is 5.49. The third-order valence-electron chi connectivity index (χ3n) is 6.62. The van der Waals surface area contributed by atoms with Crippen LogP contribution in [0.3, 0.4) is 0 Å². The molecule has 1 aliphatic carbocycles. The average Bonchev–Trinajstić information content (AvgIpc) is 3.19. The van der Waals surface area contributed by atoms with Gasteiger partial charge in [0.2, 0.25) is 17.6 Å². The summed E-state index contributed by atoms with van der Waals surface area (Å²) in [6, 6.07) is 8.46. The van der Waals surface area contributed by atoms with E-state index < -0.39 is 0 Å². The van der Waals surface area contributed by atoms with Gasteiger partial charge in [0, 0.05) is 17.5 Å². The molecule has 1 saturated heterocycles. The Morgan fingerprint density at radius 3 is 2.50 bits per heavy atom. The summed E-state index contributed by atoms with van der Waals surface area (Å²) in [4.78, 5) is 19.7. The molecule has 2 aliphatic rings. The molecular formula is C24H34N4O2. The highest BCUT2D eigenvalue weighted by Crippen LogP contribution is 2.23. The van der Waals surface area contributed by atoms with Crippen LogP contribution < -0.4 is 5.32 Å². The highest BCUT2D eigenvalue weighted by Gasteiger charge is 2.27. The Hall–Kier alpha value is -2.21. The van der Waals surface area contributed by atoms with E-state index in [0.717, 1.165) is 49.9 Å². The molecular weight excluding hydrogens is 376 g/mol. The fourth-order valence-corrected chi connectivity index (χ4v) is 4.72. The van der Waals surface area contributed by atoms with E-state index >= 15 is 0 Å². The maximum absolute atomic E-state index is 12.8. The predicted octanol–water partition coefficient (Wildman–Crippen LogP) is 4.49. The van der Waals surface area contributed by atoms with Crippen molar-refractivity contribution >= 4 is 5.91 Å². The van der Waals surface area contributed by atoms with Gasteiger partial charge >= 0.3 is 0 Å². The van der Waals surface area contributed by atoms with E-state index in [4.69, 9.17) is 4.52 Å². The van der Waals surface area contributed by atoms with Crippen molar-refractivity contribution in [2.45, 2.75) is 77.3 Å². The molecule has 1 aromatic carbocycles. The Bertz CT molecular complexity index is 818. The van der Waals surface area contributed by atoms with Gasteiger partial charge in [-0.3, -0.25) is 9.69 Å². The van der Waals surface area contributed by atoms with Crippen LogP contribution in [0.5, 0.6) is 0 Å². The highest BCUT2D eigenvalue weighted by molar-refractivity contribution is 5.79. The largest absolute Gasteiger partial charge is 0.353 e. The molecule has 1 N–H and O–H groups in total. The molecule has 162 valence electrons. The molecule has 1 saturated carbocycles. The SMILES string of the molecule is Cc1ccccc1-c1noc(CN2CCC(C(=O)NC3CCCCCCC3)CC2)n1. The number of hydrogen-bond donors (Lipinski definition) is 1. The monoisotopic (exact) mass is 410 g/mol. The molecule has 2 aromatic rings. The molecule has 6 heteroatoms. The number of aromatic nitrogens is 2. The quantitative estimate of drug-likeness (QED) is 0.786. The third-order valence-corrected chi connectivity index (χ3v) is 6.62. The van der Waals surface area contributed by atoms with Crippen molar-refractivity contribution in [3.8, 4) is 11.4 Å². The highest BCUT2D eigenvalue weighted by atomic mass is 16.5. The molecule has 0 spiro atoms. The van der Waals surface area contributed by atoms with Crippen molar-refractivity contribution in [1.29, 1.82) is 0 Å². The summed E-state index contributed by atoms with van der Waals surface area (Å²) in [5, 5.41) is 7.51. The summed E-state index contributed by atoms with van der Waals surface area (Å²) in [6.45, 7) is 4.49. The van der Waals surface area contributed by atoms with Gasteiger partial charge in [-0.25, -0.2) is 0 Å². The summed E-state index contributed by atoms with van der Waals surface area (Å²) in [6.07, 6.45) is 10.6. The first-order chi connectivity index (χ1) is 14.7. The first-order valence-electron chi connectivity index (χ1n) is 11.6. The van der Waals surface area contributed by atoms with Crippen LogP contribution in [0.1, 0.15) is 69.2 Å². The molecule has 2 fully saturated rings. The van der Waals surface area contributed by atoms with Gasteiger partial charge in [0.15, 0.2) is 0 Å². The van der Waals surface area contributed by atoms with E-state index in [1.807, 2.05) is 18.2 Å². The Morgan fingerprint density at radius 1 is 1.07 bits per heavy atom. The van der Waals surface area contributed by atoms with Gasteiger partial charge in [-0.05, 0) is 51.3 Å². The molecule has 2 heterocycles. The van der Waals surface area contributed by atoms with Crippen molar-refractivity contribution in [1.82, 2.24) is 20.4 Å². The van der Waals surface area contributed by atoms with Gasteiger partial charge < -0.3 is 9.84 Å². The standard InChI is InChI=1S/C24H34N4O2/c1-18-9-7-8-12-21(18)23-26-22(30-27-23)17-28-15-13-19(14-16-28)24(29)25-20-10-5-3-2-4-6-11-20/h7-9,12,19-20H,2-6,10-11,13-17H2,1H3,(H,25,29). The van der Waals surface area contributed by atoms with E-state index in [-0.39, 0.29) is 11.8 Å². The first kappa shape index (κ1) is 21.0. The van der Waals surface area contributed by atoms with Crippen molar-refractivity contribution in [3.05, 3.63) is 35.7 Å². The first-order valence-corrected chi connectivity index (χ1v) is 11.6. The lowest BCUT2D eigenvalue weighted by molar-refractivity contribution is -0.127. The minimum Gasteiger partial charge on any atom is -0.353 e. The fourth-order valence-electron chi connectivity index (χ4n) is 4.72. The number of hydrogen-bond acceptors (Lipinski definition) is 5. The minimum absolute atomic E-state index is 0.136. The summed E-state index contributed by atoms with van der Waals surface area (Å²) in [5.41, 5.74) is 2.15. The van der Waals surface area contributed by atoms with Crippen LogP contribution in [0.15, 0.2) is 28.8 Å². The smallest absolute Gasteiger partial charge is 0.241 e. The second kappa shape index (κ2) is 10.2. The number of nitrogens with zero attached hydrogens (tertiary/aromatic N) is 3. The maximum atomic E-state index is 12.8. The molecule has 4 rings (SSSR count). The van der Waals surface area contributed by atoms with E-state index in [0.29, 0.717) is 24.3 Å². The van der Waals surface area contributed by atoms with Crippen molar-refractivity contribution in [2.24, 2.45) is 5.92 Å². The van der Waals surface area contributed by atoms with Crippen molar-refractivity contribution < 1.29 is 9.32 Å². The zero-order valence-electron chi connectivity index (χ0n) is 18.1.